The zero-order chi connectivity index (χ0) is 8.53. The Bertz CT molecular complexity index is 99.7. The van der Waals surface area contributed by atoms with E-state index in [2.05, 4.69) is 30.7 Å². The van der Waals surface area contributed by atoms with Gasteiger partial charge in [-0.05, 0) is 20.3 Å². The van der Waals surface area contributed by atoms with Crippen LogP contribution in [0, 0.1) is 0 Å². The summed E-state index contributed by atoms with van der Waals surface area (Å²) in [5.74, 6) is 0. The van der Waals surface area contributed by atoms with Gasteiger partial charge in [-0.15, -0.1) is 0 Å². The summed E-state index contributed by atoms with van der Waals surface area (Å²) in [5.41, 5.74) is 0. The smallest absolute Gasteiger partial charge is 0.0849 e. The summed E-state index contributed by atoms with van der Waals surface area (Å²) in [6.07, 6.45) is 4.50. The minimum absolute atomic E-state index is 0.891. The summed E-state index contributed by atoms with van der Waals surface area (Å²) in [6, 6.07) is 0. The first kappa shape index (κ1) is 10.5. The fourth-order valence-corrected chi connectivity index (χ4v) is 0.856. The summed E-state index contributed by atoms with van der Waals surface area (Å²) in [4.78, 5) is 6.45. The highest BCUT2D eigenvalue weighted by Gasteiger charge is 1.92. The summed E-state index contributed by atoms with van der Waals surface area (Å²) in [5, 5.41) is 0. The van der Waals surface area contributed by atoms with Gasteiger partial charge in [-0.2, -0.15) is 0 Å². The first-order valence-electron chi connectivity index (χ1n) is 4.59. The molecule has 0 saturated carbocycles. The van der Waals surface area contributed by atoms with Gasteiger partial charge in [0.25, 0.3) is 0 Å². The van der Waals surface area contributed by atoms with E-state index in [1.54, 1.807) is 0 Å². The van der Waals surface area contributed by atoms with Crippen LogP contribution in [0.1, 0.15) is 33.6 Å². The van der Waals surface area contributed by atoms with Gasteiger partial charge >= 0.3 is 0 Å². The molecular formula is C9H20N2. The minimum Gasteiger partial charge on any atom is -0.363 e. The Balaban J connectivity index is 3.48. The number of hydrogen-bond donors (Lipinski definition) is 0. The molecule has 0 rings (SSSR count). The molecule has 0 aliphatic rings. The molecular weight excluding hydrogens is 136 g/mol. The molecule has 0 aromatic rings. The molecule has 0 amide bonds. The predicted molar refractivity (Wildman–Crippen MR) is 51.2 cm³/mol. The Kier molecular flexibility index (Phi) is 7.21. The molecule has 0 bridgehead atoms. The topological polar surface area (TPSA) is 15.6 Å². The molecule has 0 aromatic carbocycles. The van der Waals surface area contributed by atoms with Crippen molar-refractivity contribution >= 4 is 6.34 Å². The molecule has 11 heavy (non-hydrogen) atoms. The average molecular weight is 156 g/mol. The van der Waals surface area contributed by atoms with E-state index in [0.717, 1.165) is 19.6 Å². The van der Waals surface area contributed by atoms with Gasteiger partial charge in [-0.1, -0.05) is 13.3 Å². The van der Waals surface area contributed by atoms with Crippen molar-refractivity contribution in [1.29, 1.82) is 0 Å². The van der Waals surface area contributed by atoms with E-state index in [0.29, 0.717) is 0 Å². The summed E-state index contributed by atoms with van der Waals surface area (Å²) < 4.78 is 0. The van der Waals surface area contributed by atoms with Crippen molar-refractivity contribution in [3.8, 4) is 0 Å². The second kappa shape index (κ2) is 7.58. The third-order valence-electron chi connectivity index (χ3n) is 1.63. The maximum absolute atomic E-state index is 4.20. The Labute approximate surface area is 70.3 Å². The Morgan fingerprint density at radius 2 is 2.00 bits per heavy atom. The minimum atomic E-state index is 0.891. The largest absolute Gasteiger partial charge is 0.363 e. The SMILES string of the molecule is CCCCN(C=NCC)CC. The summed E-state index contributed by atoms with van der Waals surface area (Å²) >= 11 is 0. The third-order valence-corrected chi connectivity index (χ3v) is 1.63. The second-order valence-corrected chi connectivity index (χ2v) is 2.60. The van der Waals surface area contributed by atoms with Gasteiger partial charge in [0.1, 0.15) is 0 Å². The van der Waals surface area contributed by atoms with E-state index >= 15 is 0 Å². The van der Waals surface area contributed by atoms with E-state index in [9.17, 15) is 0 Å². The van der Waals surface area contributed by atoms with Crippen molar-refractivity contribution in [2.45, 2.75) is 33.6 Å². The lowest BCUT2D eigenvalue weighted by molar-refractivity contribution is 0.439. The van der Waals surface area contributed by atoms with Gasteiger partial charge in [0.05, 0.1) is 6.34 Å². The van der Waals surface area contributed by atoms with Crippen LogP contribution in [-0.4, -0.2) is 30.9 Å². The van der Waals surface area contributed by atoms with Crippen LogP contribution >= 0.6 is 0 Å². The molecule has 0 unspecified atom stereocenters. The zero-order valence-electron chi connectivity index (χ0n) is 8.01. The van der Waals surface area contributed by atoms with Crippen LogP contribution in [0.5, 0.6) is 0 Å². The molecule has 0 spiro atoms. The van der Waals surface area contributed by atoms with Gasteiger partial charge in [0, 0.05) is 19.6 Å². The highest BCUT2D eigenvalue weighted by atomic mass is 15.1. The first-order valence-corrected chi connectivity index (χ1v) is 4.59. The molecule has 0 aromatic heterocycles. The lowest BCUT2D eigenvalue weighted by Gasteiger charge is -2.15. The average Bonchev–Trinajstić information content (AvgIpc) is 2.05. The highest BCUT2D eigenvalue weighted by molar-refractivity contribution is 5.54. The van der Waals surface area contributed by atoms with Crippen molar-refractivity contribution in [3.05, 3.63) is 0 Å². The molecule has 0 fully saturated rings. The van der Waals surface area contributed by atoms with Crippen molar-refractivity contribution < 1.29 is 0 Å². The maximum atomic E-state index is 4.20. The molecule has 0 atom stereocenters. The van der Waals surface area contributed by atoms with Crippen molar-refractivity contribution in [2.75, 3.05) is 19.6 Å². The van der Waals surface area contributed by atoms with Crippen LogP contribution in [0.4, 0.5) is 0 Å². The van der Waals surface area contributed by atoms with Gasteiger partial charge in [-0.25, -0.2) is 0 Å². The molecule has 0 N–H and O–H groups in total. The Hall–Kier alpha value is -0.530. The summed E-state index contributed by atoms with van der Waals surface area (Å²) in [6.45, 7) is 9.55. The first-order chi connectivity index (χ1) is 5.35. The zero-order valence-corrected chi connectivity index (χ0v) is 8.01. The quantitative estimate of drug-likeness (QED) is 0.425. The van der Waals surface area contributed by atoms with Crippen LogP contribution in [0.3, 0.4) is 0 Å². The Morgan fingerprint density at radius 1 is 1.27 bits per heavy atom. The van der Waals surface area contributed by atoms with Gasteiger partial charge < -0.3 is 4.90 Å². The molecule has 0 saturated heterocycles. The molecule has 0 aliphatic carbocycles. The predicted octanol–water partition coefficient (Wildman–Crippen LogP) is 2.16. The van der Waals surface area contributed by atoms with Gasteiger partial charge in [0.15, 0.2) is 0 Å². The molecule has 2 nitrogen and oxygen atoms in total. The van der Waals surface area contributed by atoms with Gasteiger partial charge in [-0.3, -0.25) is 4.99 Å². The maximum Gasteiger partial charge on any atom is 0.0849 e. The van der Waals surface area contributed by atoms with E-state index in [1.165, 1.54) is 12.8 Å². The number of aliphatic imine (C=N–C) groups is 1. The lowest BCUT2D eigenvalue weighted by Crippen LogP contribution is -2.22. The number of rotatable bonds is 6. The van der Waals surface area contributed by atoms with E-state index in [4.69, 9.17) is 0 Å². The van der Waals surface area contributed by atoms with Crippen molar-refractivity contribution in [3.63, 3.8) is 0 Å². The fourth-order valence-electron chi connectivity index (χ4n) is 0.856. The molecule has 0 radical (unpaired) electrons. The molecule has 0 heterocycles. The Morgan fingerprint density at radius 3 is 2.45 bits per heavy atom. The van der Waals surface area contributed by atoms with Crippen LogP contribution in [-0.2, 0) is 0 Å². The van der Waals surface area contributed by atoms with Crippen LogP contribution < -0.4 is 0 Å². The van der Waals surface area contributed by atoms with Crippen LogP contribution in [0.25, 0.3) is 0 Å². The van der Waals surface area contributed by atoms with Crippen LogP contribution in [0.15, 0.2) is 4.99 Å². The third kappa shape index (κ3) is 5.89. The van der Waals surface area contributed by atoms with Crippen molar-refractivity contribution in [1.82, 2.24) is 4.90 Å². The fraction of sp³-hybridized carbons (Fsp3) is 0.889. The van der Waals surface area contributed by atoms with E-state index in [1.807, 2.05) is 6.34 Å². The number of hydrogen-bond acceptors (Lipinski definition) is 1. The standard InChI is InChI=1S/C9H20N2/c1-4-7-8-11(6-3)9-10-5-2/h9H,4-8H2,1-3H3. The second-order valence-electron chi connectivity index (χ2n) is 2.60. The van der Waals surface area contributed by atoms with Gasteiger partial charge in [0.2, 0.25) is 0 Å². The monoisotopic (exact) mass is 156 g/mol. The summed E-state index contributed by atoms with van der Waals surface area (Å²) in [7, 11) is 0. The molecule has 2 heteroatoms. The lowest BCUT2D eigenvalue weighted by atomic mass is 10.3. The highest BCUT2D eigenvalue weighted by Crippen LogP contribution is 1.91. The van der Waals surface area contributed by atoms with E-state index in [-0.39, 0.29) is 0 Å². The molecule has 0 aliphatic heterocycles. The molecule has 66 valence electrons. The van der Waals surface area contributed by atoms with E-state index < -0.39 is 0 Å². The van der Waals surface area contributed by atoms with Crippen molar-refractivity contribution in [2.24, 2.45) is 4.99 Å². The normalized spacial score (nSPS) is 10.8. The van der Waals surface area contributed by atoms with Crippen LogP contribution in [0.2, 0.25) is 0 Å². The number of nitrogens with zero attached hydrogens (tertiary/aromatic N) is 2. The number of unbranched alkanes of at least 4 members (excludes halogenated alkanes) is 1.